The van der Waals surface area contributed by atoms with Gasteiger partial charge in [0.2, 0.25) is 5.91 Å². The fourth-order valence-electron chi connectivity index (χ4n) is 2.86. The second-order valence-corrected chi connectivity index (χ2v) is 7.18. The highest BCUT2D eigenvalue weighted by atomic mass is 16.2. The number of rotatable bonds is 6. The lowest BCUT2D eigenvalue weighted by Crippen LogP contribution is -2.36. The van der Waals surface area contributed by atoms with Gasteiger partial charge in [-0.05, 0) is 62.6 Å². The Morgan fingerprint density at radius 3 is 2.48 bits per heavy atom. The van der Waals surface area contributed by atoms with Crippen LogP contribution < -0.4 is 5.32 Å². The second-order valence-electron chi connectivity index (χ2n) is 7.18. The van der Waals surface area contributed by atoms with Crippen molar-refractivity contribution in [3.8, 4) is 6.07 Å². The van der Waals surface area contributed by atoms with E-state index < -0.39 is 0 Å². The summed E-state index contributed by atoms with van der Waals surface area (Å²) in [6, 6.07) is 16.5. The number of carbonyl (C=O) groups is 2. The van der Waals surface area contributed by atoms with Crippen molar-refractivity contribution in [3.63, 3.8) is 0 Å². The lowest BCUT2D eigenvalue weighted by molar-refractivity contribution is -0.117. The van der Waals surface area contributed by atoms with Gasteiger partial charge < -0.3 is 10.2 Å². The smallest absolute Gasteiger partial charge is 0.254 e. The normalized spacial score (nSPS) is 13.1. The Morgan fingerprint density at radius 1 is 1.19 bits per heavy atom. The molecular weight excluding hydrogens is 338 g/mol. The van der Waals surface area contributed by atoms with Gasteiger partial charge in [-0.1, -0.05) is 18.2 Å². The maximum absolute atomic E-state index is 13.1. The predicted molar refractivity (Wildman–Crippen MR) is 104 cm³/mol. The molecule has 5 nitrogen and oxygen atoms in total. The number of hydrogen-bond acceptors (Lipinski definition) is 3. The Hall–Kier alpha value is -3.13. The molecule has 0 spiro atoms. The van der Waals surface area contributed by atoms with Crippen molar-refractivity contribution in [2.45, 2.75) is 39.3 Å². The first kappa shape index (κ1) is 18.7. The molecule has 2 amide bonds. The molecule has 0 bridgehead atoms. The molecule has 1 fully saturated rings. The van der Waals surface area contributed by atoms with Gasteiger partial charge in [-0.25, -0.2) is 0 Å². The summed E-state index contributed by atoms with van der Waals surface area (Å²) in [5.74, 6) is 0.0580. The first-order chi connectivity index (χ1) is 13.0. The highest BCUT2D eigenvalue weighted by Gasteiger charge is 2.29. The van der Waals surface area contributed by atoms with Gasteiger partial charge in [-0.3, -0.25) is 9.59 Å². The molecule has 0 atom stereocenters. The molecule has 0 saturated heterocycles. The third kappa shape index (κ3) is 4.73. The zero-order valence-electron chi connectivity index (χ0n) is 15.6. The molecule has 0 heterocycles. The molecular formula is C22H23N3O2. The molecule has 0 unspecified atom stereocenters. The minimum absolute atomic E-state index is 0.0119. The molecule has 1 aliphatic rings. The molecule has 1 N–H and O–H groups in total. The maximum atomic E-state index is 13.1. The SMILES string of the molecule is CC(C)N(Cc1ccc(C#N)cc1)C(=O)c1cccc(NC(=O)C2CC2)c1. The van der Waals surface area contributed by atoms with Crippen LogP contribution in [0, 0.1) is 17.2 Å². The summed E-state index contributed by atoms with van der Waals surface area (Å²) in [4.78, 5) is 26.8. The first-order valence-corrected chi connectivity index (χ1v) is 9.19. The van der Waals surface area contributed by atoms with Gasteiger partial charge in [0, 0.05) is 29.8 Å². The molecule has 0 aromatic heterocycles. The lowest BCUT2D eigenvalue weighted by atomic mass is 10.1. The number of nitrogens with one attached hydrogen (secondary N) is 1. The standard InChI is InChI=1S/C22H23N3O2/c1-15(2)25(14-17-8-6-16(13-23)7-9-17)22(27)19-4-3-5-20(12-19)24-21(26)18-10-11-18/h3-9,12,15,18H,10-11,14H2,1-2H3,(H,24,26). The molecule has 0 radical (unpaired) electrons. The third-order valence-corrected chi connectivity index (χ3v) is 4.65. The van der Waals surface area contributed by atoms with Crippen molar-refractivity contribution in [2.24, 2.45) is 5.92 Å². The Balaban J connectivity index is 1.75. The summed E-state index contributed by atoms with van der Waals surface area (Å²) in [6.07, 6.45) is 1.88. The largest absolute Gasteiger partial charge is 0.332 e. The Labute approximate surface area is 159 Å². The molecule has 27 heavy (non-hydrogen) atoms. The fourth-order valence-corrected chi connectivity index (χ4v) is 2.86. The number of carbonyl (C=O) groups excluding carboxylic acids is 2. The number of nitrogens with zero attached hydrogens (tertiary/aromatic N) is 2. The topological polar surface area (TPSA) is 73.2 Å². The summed E-state index contributed by atoms with van der Waals surface area (Å²) in [5.41, 5.74) is 2.76. The van der Waals surface area contributed by atoms with E-state index in [0.29, 0.717) is 23.4 Å². The Morgan fingerprint density at radius 2 is 1.89 bits per heavy atom. The van der Waals surface area contributed by atoms with Crippen molar-refractivity contribution in [1.29, 1.82) is 5.26 Å². The average Bonchev–Trinajstić information content (AvgIpc) is 3.51. The van der Waals surface area contributed by atoms with E-state index in [0.717, 1.165) is 18.4 Å². The molecule has 2 aromatic rings. The molecule has 5 heteroatoms. The van der Waals surface area contributed by atoms with Crippen LogP contribution in [0.4, 0.5) is 5.69 Å². The summed E-state index contributed by atoms with van der Waals surface area (Å²) < 4.78 is 0. The monoisotopic (exact) mass is 361 g/mol. The average molecular weight is 361 g/mol. The van der Waals surface area contributed by atoms with E-state index >= 15 is 0 Å². The second kappa shape index (κ2) is 8.05. The van der Waals surface area contributed by atoms with Crippen molar-refractivity contribution >= 4 is 17.5 Å². The first-order valence-electron chi connectivity index (χ1n) is 9.19. The summed E-state index contributed by atoms with van der Waals surface area (Å²) in [6.45, 7) is 4.40. The minimum Gasteiger partial charge on any atom is -0.332 e. The van der Waals surface area contributed by atoms with Crippen LogP contribution in [0.5, 0.6) is 0 Å². The molecule has 3 rings (SSSR count). The molecule has 1 saturated carbocycles. The number of benzene rings is 2. The van der Waals surface area contributed by atoms with Crippen LogP contribution in [-0.2, 0) is 11.3 Å². The summed E-state index contributed by atoms with van der Waals surface area (Å²) in [5, 5.41) is 11.8. The van der Waals surface area contributed by atoms with Crippen LogP contribution in [0.25, 0.3) is 0 Å². The molecule has 1 aliphatic carbocycles. The number of anilines is 1. The molecule has 0 aliphatic heterocycles. The van der Waals surface area contributed by atoms with Crippen molar-refractivity contribution in [1.82, 2.24) is 4.90 Å². The van der Waals surface area contributed by atoms with E-state index in [1.807, 2.05) is 26.0 Å². The van der Waals surface area contributed by atoms with Gasteiger partial charge in [0.25, 0.3) is 5.91 Å². The van der Waals surface area contributed by atoms with Crippen LogP contribution in [0.15, 0.2) is 48.5 Å². The Kier molecular flexibility index (Phi) is 5.56. The van der Waals surface area contributed by atoms with Crippen LogP contribution in [0.2, 0.25) is 0 Å². The number of amides is 2. The van der Waals surface area contributed by atoms with Gasteiger partial charge in [-0.2, -0.15) is 5.26 Å². The zero-order valence-corrected chi connectivity index (χ0v) is 15.6. The van der Waals surface area contributed by atoms with Gasteiger partial charge in [0.15, 0.2) is 0 Å². The van der Waals surface area contributed by atoms with Gasteiger partial charge in [0.1, 0.15) is 0 Å². The van der Waals surface area contributed by atoms with Crippen LogP contribution in [0.1, 0.15) is 48.2 Å². The van der Waals surface area contributed by atoms with Crippen molar-refractivity contribution in [2.75, 3.05) is 5.32 Å². The van der Waals surface area contributed by atoms with Crippen molar-refractivity contribution in [3.05, 3.63) is 65.2 Å². The van der Waals surface area contributed by atoms with Gasteiger partial charge in [-0.15, -0.1) is 0 Å². The van der Waals surface area contributed by atoms with E-state index in [2.05, 4.69) is 11.4 Å². The fraction of sp³-hybridized carbons (Fsp3) is 0.318. The van der Waals surface area contributed by atoms with E-state index in [9.17, 15) is 9.59 Å². The summed E-state index contributed by atoms with van der Waals surface area (Å²) in [7, 11) is 0. The van der Waals surface area contributed by atoms with E-state index in [1.54, 1.807) is 41.3 Å². The van der Waals surface area contributed by atoms with Crippen LogP contribution in [0.3, 0.4) is 0 Å². The molecule has 138 valence electrons. The number of hydrogen-bond donors (Lipinski definition) is 1. The zero-order chi connectivity index (χ0) is 19.4. The lowest BCUT2D eigenvalue weighted by Gasteiger charge is -2.27. The molecule has 2 aromatic carbocycles. The summed E-state index contributed by atoms with van der Waals surface area (Å²) >= 11 is 0. The number of nitriles is 1. The van der Waals surface area contributed by atoms with E-state index in [1.165, 1.54) is 0 Å². The Bertz CT molecular complexity index is 877. The van der Waals surface area contributed by atoms with E-state index in [-0.39, 0.29) is 23.8 Å². The van der Waals surface area contributed by atoms with Crippen LogP contribution >= 0.6 is 0 Å². The quantitative estimate of drug-likeness (QED) is 0.846. The predicted octanol–water partition coefficient (Wildman–Crippen LogP) is 3.96. The van der Waals surface area contributed by atoms with Crippen molar-refractivity contribution < 1.29 is 9.59 Å². The highest BCUT2D eigenvalue weighted by molar-refractivity contribution is 5.98. The van der Waals surface area contributed by atoms with Gasteiger partial charge in [0.05, 0.1) is 11.6 Å². The minimum atomic E-state index is -0.0862. The maximum Gasteiger partial charge on any atom is 0.254 e. The highest BCUT2D eigenvalue weighted by Crippen LogP contribution is 2.30. The van der Waals surface area contributed by atoms with Gasteiger partial charge >= 0.3 is 0 Å². The van der Waals surface area contributed by atoms with E-state index in [4.69, 9.17) is 5.26 Å². The third-order valence-electron chi connectivity index (χ3n) is 4.65. The van der Waals surface area contributed by atoms with Crippen LogP contribution in [-0.4, -0.2) is 22.8 Å².